The number of sulfonamides is 1. The lowest BCUT2D eigenvalue weighted by Crippen LogP contribution is -2.53. The van der Waals surface area contributed by atoms with Crippen LogP contribution in [-0.2, 0) is 32.6 Å². The number of carbonyl (C=O) groups is 2. The molecule has 11 heteroatoms. The second kappa shape index (κ2) is 14.3. The van der Waals surface area contributed by atoms with Crippen LogP contribution < -0.4 is 9.62 Å². The van der Waals surface area contributed by atoms with Gasteiger partial charge in [0.1, 0.15) is 12.6 Å². The van der Waals surface area contributed by atoms with E-state index < -0.39 is 34.4 Å². The number of carbonyl (C=O) groups excluding carboxylic acids is 2. The Morgan fingerprint density at radius 3 is 2.14 bits per heavy atom. The first-order chi connectivity index (χ1) is 20.5. The van der Waals surface area contributed by atoms with Gasteiger partial charge in [0.25, 0.3) is 10.0 Å². The molecule has 1 atom stereocenters. The molecule has 2 amide bonds. The molecule has 224 valence electrons. The van der Waals surface area contributed by atoms with Gasteiger partial charge in [0.2, 0.25) is 11.8 Å². The van der Waals surface area contributed by atoms with Crippen LogP contribution in [0.2, 0.25) is 15.1 Å². The van der Waals surface area contributed by atoms with E-state index in [2.05, 4.69) is 5.32 Å². The fourth-order valence-corrected chi connectivity index (χ4v) is 6.45. The summed E-state index contributed by atoms with van der Waals surface area (Å²) in [5.74, 6) is -0.991. The van der Waals surface area contributed by atoms with Crippen molar-refractivity contribution in [2.24, 2.45) is 0 Å². The van der Waals surface area contributed by atoms with Crippen LogP contribution in [0.5, 0.6) is 0 Å². The van der Waals surface area contributed by atoms with E-state index in [9.17, 15) is 18.0 Å². The number of hydrogen-bond donors (Lipinski definition) is 1. The molecule has 0 spiro atoms. The van der Waals surface area contributed by atoms with Gasteiger partial charge in [-0.05, 0) is 72.1 Å². The topological polar surface area (TPSA) is 86.8 Å². The van der Waals surface area contributed by atoms with Crippen molar-refractivity contribution in [1.29, 1.82) is 0 Å². The number of nitrogens with zero attached hydrogens (tertiary/aromatic N) is 2. The Labute approximate surface area is 267 Å². The predicted molar refractivity (Wildman–Crippen MR) is 172 cm³/mol. The monoisotopic (exact) mass is 657 g/mol. The Bertz CT molecular complexity index is 1700. The number of benzene rings is 4. The summed E-state index contributed by atoms with van der Waals surface area (Å²) in [6.07, 6.45) is 0.196. The van der Waals surface area contributed by atoms with Crippen molar-refractivity contribution < 1.29 is 18.0 Å². The summed E-state index contributed by atoms with van der Waals surface area (Å²) < 4.78 is 29.1. The molecule has 0 aliphatic carbocycles. The zero-order valence-electron chi connectivity index (χ0n) is 23.5. The summed E-state index contributed by atoms with van der Waals surface area (Å²) in [5, 5.41) is 3.66. The summed E-state index contributed by atoms with van der Waals surface area (Å²) in [4.78, 5) is 29.0. The molecule has 0 fully saturated rings. The minimum atomic E-state index is -4.22. The molecule has 0 aliphatic rings. The van der Waals surface area contributed by atoms with Gasteiger partial charge < -0.3 is 10.2 Å². The van der Waals surface area contributed by atoms with E-state index in [4.69, 9.17) is 34.8 Å². The third kappa shape index (κ3) is 8.09. The summed E-state index contributed by atoms with van der Waals surface area (Å²) >= 11 is 18.4. The summed E-state index contributed by atoms with van der Waals surface area (Å²) in [6.45, 7) is 1.23. The lowest BCUT2D eigenvalue weighted by Gasteiger charge is -2.33. The molecule has 0 saturated carbocycles. The van der Waals surface area contributed by atoms with Gasteiger partial charge in [0, 0.05) is 25.0 Å². The fourth-order valence-electron chi connectivity index (χ4n) is 4.60. The molecule has 43 heavy (non-hydrogen) atoms. The molecule has 1 unspecified atom stereocenters. The zero-order valence-corrected chi connectivity index (χ0v) is 26.6. The Balaban J connectivity index is 1.80. The van der Waals surface area contributed by atoms with Crippen LogP contribution in [0.4, 0.5) is 5.69 Å². The summed E-state index contributed by atoms with van der Waals surface area (Å²) in [5.41, 5.74) is 2.55. The first-order valence-electron chi connectivity index (χ1n) is 13.3. The number of nitrogens with one attached hydrogen (secondary N) is 1. The smallest absolute Gasteiger partial charge is 0.264 e. The molecule has 0 aromatic heterocycles. The molecule has 7 nitrogen and oxygen atoms in total. The van der Waals surface area contributed by atoms with Gasteiger partial charge in [0.05, 0.1) is 20.6 Å². The minimum Gasteiger partial charge on any atom is -0.357 e. The number of likely N-dealkylation sites (N-methyl/N-ethyl adjacent to an activating group) is 1. The standard InChI is InChI=1S/C32H30Cl3N3O4S/c1-22-7-6-10-26(17-22)38(43(41,42)27-14-12-25(33)13-15-27)21-31(39)37(20-24-11-16-28(34)29(35)18-24)30(32(40)36-2)19-23-8-4-3-5-9-23/h3-18,30H,19-21H2,1-2H3,(H,36,40). The fraction of sp³-hybridized carbons (Fsp3) is 0.188. The Kier molecular flexibility index (Phi) is 10.7. The highest BCUT2D eigenvalue weighted by Gasteiger charge is 2.34. The molecule has 4 aromatic rings. The lowest BCUT2D eigenvalue weighted by molar-refractivity contribution is -0.139. The molecule has 4 aromatic carbocycles. The number of rotatable bonds is 11. The van der Waals surface area contributed by atoms with E-state index in [1.54, 1.807) is 36.4 Å². The SMILES string of the molecule is CNC(=O)C(Cc1ccccc1)N(Cc1ccc(Cl)c(Cl)c1)C(=O)CN(c1cccc(C)c1)S(=O)(=O)c1ccc(Cl)cc1. The maximum absolute atomic E-state index is 14.3. The van der Waals surface area contributed by atoms with Crippen molar-refractivity contribution in [1.82, 2.24) is 10.2 Å². The Morgan fingerprint density at radius 1 is 0.814 bits per heavy atom. The molecular formula is C32H30Cl3N3O4S. The summed E-state index contributed by atoms with van der Waals surface area (Å²) in [7, 11) is -2.73. The molecule has 0 radical (unpaired) electrons. The molecule has 4 rings (SSSR count). The second-order valence-corrected chi connectivity index (χ2v) is 13.0. The van der Waals surface area contributed by atoms with Crippen molar-refractivity contribution in [2.45, 2.75) is 30.8 Å². The van der Waals surface area contributed by atoms with Crippen molar-refractivity contribution in [3.8, 4) is 0 Å². The number of aryl methyl sites for hydroxylation is 1. The van der Waals surface area contributed by atoms with Crippen molar-refractivity contribution in [2.75, 3.05) is 17.9 Å². The van der Waals surface area contributed by atoms with Crippen molar-refractivity contribution in [3.05, 3.63) is 129 Å². The van der Waals surface area contributed by atoms with E-state index in [0.29, 0.717) is 21.3 Å². The van der Waals surface area contributed by atoms with E-state index >= 15 is 0 Å². The zero-order chi connectivity index (χ0) is 31.1. The van der Waals surface area contributed by atoms with Crippen LogP contribution in [-0.4, -0.2) is 44.8 Å². The highest BCUT2D eigenvalue weighted by atomic mass is 35.5. The number of amides is 2. The van der Waals surface area contributed by atoms with E-state index in [1.807, 2.05) is 43.3 Å². The van der Waals surface area contributed by atoms with Gasteiger partial charge >= 0.3 is 0 Å². The van der Waals surface area contributed by atoms with E-state index in [-0.39, 0.29) is 22.9 Å². The quantitative estimate of drug-likeness (QED) is 0.198. The van der Waals surface area contributed by atoms with Crippen LogP contribution in [0.25, 0.3) is 0 Å². The number of anilines is 1. The first kappa shape index (κ1) is 32.4. The Morgan fingerprint density at radius 2 is 1.51 bits per heavy atom. The highest BCUT2D eigenvalue weighted by molar-refractivity contribution is 7.92. The van der Waals surface area contributed by atoms with Gasteiger partial charge in [-0.25, -0.2) is 8.42 Å². The molecular weight excluding hydrogens is 629 g/mol. The first-order valence-corrected chi connectivity index (χ1v) is 15.9. The van der Waals surface area contributed by atoms with Crippen LogP contribution >= 0.6 is 34.8 Å². The van der Waals surface area contributed by atoms with Gasteiger partial charge in [0.15, 0.2) is 0 Å². The molecule has 1 N–H and O–H groups in total. The molecule has 0 heterocycles. The maximum Gasteiger partial charge on any atom is 0.264 e. The average molecular weight is 659 g/mol. The molecule has 0 saturated heterocycles. The minimum absolute atomic E-state index is 0.0245. The average Bonchev–Trinajstić information content (AvgIpc) is 2.99. The van der Waals surface area contributed by atoms with E-state index in [0.717, 1.165) is 15.4 Å². The number of halogens is 3. The highest BCUT2D eigenvalue weighted by Crippen LogP contribution is 2.28. The Hall–Kier alpha value is -3.56. The summed E-state index contributed by atoms with van der Waals surface area (Å²) in [6, 6.07) is 25.8. The third-order valence-corrected chi connectivity index (χ3v) is 9.60. The van der Waals surface area contributed by atoms with Crippen molar-refractivity contribution in [3.63, 3.8) is 0 Å². The molecule has 0 aliphatic heterocycles. The second-order valence-electron chi connectivity index (χ2n) is 9.89. The van der Waals surface area contributed by atoms with Gasteiger partial charge in [-0.15, -0.1) is 0 Å². The third-order valence-electron chi connectivity index (χ3n) is 6.82. The van der Waals surface area contributed by atoms with Crippen molar-refractivity contribution >= 4 is 62.3 Å². The number of hydrogen-bond acceptors (Lipinski definition) is 4. The molecule has 0 bridgehead atoms. The van der Waals surface area contributed by atoms with Gasteiger partial charge in [-0.3, -0.25) is 13.9 Å². The lowest BCUT2D eigenvalue weighted by atomic mass is 10.0. The van der Waals surface area contributed by atoms with Crippen LogP contribution in [0.15, 0.2) is 102 Å². The van der Waals surface area contributed by atoms with Crippen LogP contribution in [0.1, 0.15) is 16.7 Å². The largest absolute Gasteiger partial charge is 0.357 e. The maximum atomic E-state index is 14.3. The van der Waals surface area contributed by atoms with Gasteiger partial charge in [-0.2, -0.15) is 0 Å². The predicted octanol–water partition coefficient (Wildman–Crippen LogP) is 6.54. The van der Waals surface area contributed by atoms with Crippen LogP contribution in [0, 0.1) is 6.92 Å². The van der Waals surface area contributed by atoms with E-state index in [1.165, 1.54) is 36.2 Å². The van der Waals surface area contributed by atoms with Crippen LogP contribution in [0.3, 0.4) is 0 Å². The van der Waals surface area contributed by atoms with Gasteiger partial charge in [-0.1, -0.05) is 83.3 Å². The normalized spacial score (nSPS) is 11.9.